The Kier molecular flexibility index (Phi) is 3.03. The zero-order valence-electron chi connectivity index (χ0n) is 10.1. The van der Waals surface area contributed by atoms with Crippen LogP contribution in [-0.2, 0) is 0 Å². The molecule has 0 aromatic heterocycles. The molecule has 90 valence electrons. The molecular weight excluding hydrogens is 196 g/mol. The van der Waals surface area contributed by atoms with Crippen LogP contribution in [0.15, 0.2) is 12.2 Å². The lowest BCUT2D eigenvalue weighted by Crippen LogP contribution is -2.40. The fourth-order valence-electron chi connectivity index (χ4n) is 3.77. The summed E-state index contributed by atoms with van der Waals surface area (Å²) in [6.07, 6.45) is 12.8. The second-order valence-corrected chi connectivity index (χ2v) is 6.06. The first-order valence-corrected chi connectivity index (χ1v) is 6.98. The largest absolute Gasteiger partial charge is 0.328 e. The normalized spacial score (nSPS) is 46.4. The van der Waals surface area contributed by atoms with Crippen molar-refractivity contribution in [2.75, 3.05) is 6.54 Å². The van der Waals surface area contributed by atoms with Gasteiger partial charge in [0.25, 0.3) is 0 Å². The maximum absolute atomic E-state index is 5.93. The molecule has 0 saturated heterocycles. The Bertz CT molecular complexity index is 266. The van der Waals surface area contributed by atoms with Gasteiger partial charge in [0.15, 0.2) is 0 Å². The van der Waals surface area contributed by atoms with E-state index in [0.717, 1.165) is 23.8 Å². The Morgan fingerprint density at radius 2 is 1.88 bits per heavy atom. The molecule has 0 spiro atoms. The average Bonchev–Trinajstić information content (AvgIpc) is 2.90. The maximum Gasteiger partial charge on any atom is 0.00683 e. The zero-order chi connectivity index (χ0) is 11.0. The van der Waals surface area contributed by atoms with Gasteiger partial charge in [0.05, 0.1) is 0 Å². The van der Waals surface area contributed by atoms with E-state index in [4.69, 9.17) is 5.73 Å². The molecule has 2 fully saturated rings. The number of nitrogens with one attached hydrogen (secondary N) is 1. The molecule has 0 aliphatic heterocycles. The first-order valence-electron chi connectivity index (χ1n) is 6.98. The van der Waals surface area contributed by atoms with E-state index in [1.807, 2.05) is 0 Å². The Balaban J connectivity index is 1.42. The van der Waals surface area contributed by atoms with E-state index in [0.29, 0.717) is 6.04 Å². The highest BCUT2D eigenvalue weighted by Gasteiger charge is 2.35. The third kappa shape index (κ3) is 2.18. The van der Waals surface area contributed by atoms with Gasteiger partial charge < -0.3 is 11.1 Å². The Hall–Kier alpha value is -0.340. The molecule has 16 heavy (non-hydrogen) atoms. The molecule has 0 aromatic rings. The second-order valence-electron chi connectivity index (χ2n) is 6.06. The van der Waals surface area contributed by atoms with E-state index < -0.39 is 0 Å². The zero-order valence-corrected chi connectivity index (χ0v) is 10.1. The molecule has 2 nitrogen and oxygen atoms in total. The lowest BCUT2D eigenvalue weighted by atomic mass is 9.90. The molecule has 2 bridgehead atoms. The smallest absolute Gasteiger partial charge is 0.00683 e. The molecule has 2 heteroatoms. The highest BCUT2D eigenvalue weighted by molar-refractivity contribution is 5.10. The quantitative estimate of drug-likeness (QED) is 0.714. The third-order valence-electron chi connectivity index (χ3n) is 4.86. The summed E-state index contributed by atoms with van der Waals surface area (Å²) in [5.74, 6) is 2.73. The van der Waals surface area contributed by atoms with Crippen LogP contribution in [0.25, 0.3) is 0 Å². The van der Waals surface area contributed by atoms with Gasteiger partial charge in [-0.05, 0) is 62.8 Å². The molecule has 0 aromatic carbocycles. The molecule has 0 amide bonds. The van der Waals surface area contributed by atoms with Crippen LogP contribution in [0.2, 0.25) is 0 Å². The maximum atomic E-state index is 5.93. The van der Waals surface area contributed by atoms with Gasteiger partial charge in [-0.2, -0.15) is 0 Å². The Morgan fingerprint density at radius 1 is 1.06 bits per heavy atom. The standard InChI is InChI=1S/C14H24N2/c15-13-3-5-14(6-4-13)16-9-12-8-10-1-2-11(12)7-10/h1-2,10-14,16H,3-9,15H2. The molecule has 3 atom stereocenters. The van der Waals surface area contributed by atoms with Crippen molar-refractivity contribution in [2.45, 2.75) is 50.6 Å². The highest BCUT2D eigenvalue weighted by atomic mass is 14.9. The van der Waals surface area contributed by atoms with E-state index in [-0.39, 0.29) is 0 Å². The van der Waals surface area contributed by atoms with Crippen LogP contribution in [-0.4, -0.2) is 18.6 Å². The molecule has 3 N–H and O–H groups in total. The minimum absolute atomic E-state index is 0.475. The van der Waals surface area contributed by atoms with Crippen molar-refractivity contribution in [2.24, 2.45) is 23.5 Å². The number of fused-ring (bicyclic) bond motifs is 2. The van der Waals surface area contributed by atoms with Crippen molar-refractivity contribution in [3.8, 4) is 0 Å². The number of allylic oxidation sites excluding steroid dienone is 2. The minimum Gasteiger partial charge on any atom is -0.328 e. The fourth-order valence-corrected chi connectivity index (χ4v) is 3.77. The van der Waals surface area contributed by atoms with Crippen LogP contribution in [0.5, 0.6) is 0 Å². The van der Waals surface area contributed by atoms with E-state index in [9.17, 15) is 0 Å². The number of hydrogen-bond donors (Lipinski definition) is 2. The molecule has 3 aliphatic carbocycles. The molecule has 2 saturated carbocycles. The summed E-state index contributed by atoms with van der Waals surface area (Å²) in [6, 6.07) is 1.23. The summed E-state index contributed by atoms with van der Waals surface area (Å²) in [4.78, 5) is 0. The first-order chi connectivity index (χ1) is 7.81. The summed E-state index contributed by atoms with van der Waals surface area (Å²) in [7, 11) is 0. The van der Waals surface area contributed by atoms with Crippen LogP contribution < -0.4 is 11.1 Å². The van der Waals surface area contributed by atoms with Gasteiger partial charge in [-0.25, -0.2) is 0 Å². The van der Waals surface area contributed by atoms with Crippen molar-refractivity contribution in [3.63, 3.8) is 0 Å². The highest BCUT2D eigenvalue weighted by Crippen LogP contribution is 2.43. The van der Waals surface area contributed by atoms with Gasteiger partial charge in [0.1, 0.15) is 0 Å². The van der Waals surface area contributed by atoms with Gasteiger partial charge in [-0.1, -0.05) is 12.2 Å². The predicted molar refractivity (Wildman–Crippen MR) is 67.1 cm³/mol. The van der Waals surface area contributed by atoms with Gasteiger partial charge in [-0.3, -0.25) is 0 Å². The first kappa shape index (κ1) is 10.8. The molecule has 0 heterocycles. The van der Waals surface area contributed by atoms with Gasteiger partial charge in [0.2, 0.25) is 0 Å². The van der Waals surface area contributed by atoms with Crippen molar-refractivity contribution in [1.29, 1.82) is 0 Å². The number of hydrogen-bond acceptors (Lipinski definition) is 2. The summed E-state index contributed by atoms with van der Waals surface area (Å²) in [6.45, 7) is 1.24. The van der Waals surface area contributed by atoms with E-state index in [2.05, 4.69) is 17.5 Å². The monoisotopic (exact) mass is 220 g/mol. The summed E-state index contributed by atoms with van der Waals surface area (Å²) in [5, 5.41) is 3.78. The van der Waals surface area contributed by atoms with Crippen molar-refractivity contribution in [1.82, 2.24) is 5.32 Å². The van der Waals surface area contributed by atoms with Crippen molar-refractivity contribution >= 4 is 0 Å². The van der Waals surface area contributed by atoms with Crippen LogP contribution in [0, 0.1) is 17.8 Å². The van der Waals surface area contributed by atoms with Crippen LogP contribution in [0.4, 0.5) is 0 Å². The fraction of sp³-hybridized carbons (Fsp3) is 0.857. The molecule has 3 rings (SSSR count). The second kappa shape index (κ2) is 4.50. The Morgan fingerprint density at radius 3 is 2.50 bits per heavy atom. The lowest BCUT2D eigenvalue weighted by Gasteiger charge is -2.29. The molecule has 3 aliphatic rings. The van der Waals surface area contributed by atoms with Crippen molar-refractivity contribution in [3.05, 3.63) is 12.2 Å². The Labute approximate surface area is 98.7 Å². The van der Waals surface area contributed by atoms with Crippen LogP contribution >= 0.6 is 0 Å². The predicted octanol–water partition coefficient (Wildman–Crippen LogP) is 2.06. The molecular formula is C14H24N2. The lowest BCUT2D eigenvalue weighted by molar-refractivity contribution is 0.311. The van der Waals surface area contributed by atoms with Gasteiger partial charge in [0, 0.05) is 12.1 Å². The summed E-state index contributed by atoms with van der Waals surface area (Å²) >= 11 is 0. The topological polar surface area (TPSA) is 38.0 Å². The summed E-state index contributed by atoms with van der Waals surface area (Å²) in [5.41, 5.74) is 5.93. The van der Waals surface area contributed by atoms with E-state index in [1.165, 1.54) is 45.1 Å². The van der Waals surface area contributed by atoms with Gasteiger partial charge in [-0.15, -0.1) is 0 Å². The van der Waals surface area contributed by atoms with E-state index >= 15 is 0 Å². The SMILES string of the molecule is NC1CCC(NCC2CC3C=CC2C3)CC1. The number of nitrogens with two attached hydrogens (primary N) is 1. The third-order valence-corrected chi connectivity index (χ3v) is 4.86. The number of rotatable bonds is 3. The minimum atomic E-state index is 0.475. The van der Waals surface area contributed by atoms with Crippen LogP contribution in [0.3, 0.4) is 0 Å². The summed E-state index contributed by atoms with van der Waals surface area (Å²) < 4.78 is 0. The van der Waals surface area contributed by atoms with Gasteiger partial charge >= 0.3 is 0 Å². The average molecular weight is 220 g/mol. The van der Waals surface area contributed by atoms with E-state index in [1.54, 1.807) is 0 Å². The van der Waals surface area contributed by atoms with Crippen LogP contribution in [0.1, 0.15) is 38.5 Å². The molecule has 3 unspecified atom stereocenters. The molecule has 0 radical (unpaired) electrons. The van der Waals surface area contributed by atoms with Crippen molar-refractivity contribution < 1.29 is 0 Å².